The fourth-order valence-corrected chi connectivity index (χ4v) is 2.15. The van der Waals surface area contributed by atoms with E-state index in [9.17, 15) is 9.59 Å². The molecule has 0 aliphatic rings. The molecular formula is C13H15N3O2S. The van der Waals surface area contributed by atoms with E-state index in [1.54, 1.807) is 5.38 Å². The van der Waals surface area contributed by atoms with Crippen molar-refractivity contribution in [3.63, 3.8) is 0 Å². The van der Waals surface area contributed by atoms with E-state index in [0.29, 0.717) is 13.1 Å². The Labute approximate surface area is 114 Å². The first-order valence-electron chi connectivity index (χ1n) is 5.92. The Kier molecular flexibility index (Phi) is 4.88. The minimum atomic E-state index is -0.0784. The molecule has 19 heavy (non-hydrogen) atoms. The van der Waals surface area contributed by atoms with Gasteiger partial charge in [-0.3, -0.25) is 9.59 Å². The van der Waals surface area contributed by atoms with E-state index in [4.69, 9.17) is 0 Å². The van der Waals surface area contributed by atoms with Crippen LogP contribution in [0.25, 0.3) is 0 Å². The average molecular weight is 277 g/mol. The third-order valence-electron chi connectivity index (χ3n) is 2.50. The van der Waals surface area contributed by atoms with E-state index in [-0.39, 0.29) is 17.3 Å². The molecule has 1 aromatic carbocycles. The number of amides is 1. The highest BCUT2D eigenvalue weighted by atomic mass is 32.1. The summed E-state index contributed by atoms with van der Waals surface area (Å²) in [5.41, 5.74) is 1.86. The van der Waals surface area contributed by atoms with Crippen molar-refractivity contribution in [3.8, 4) is 0 Å². The van der Waals surface area contributed by atoms with Crippen LogP contribution in [0.15, 0.2) is 40.5 Å². The van der Waals surface area contributed by atoms with E-state index in [2.05, 4.69) is 15.6 Å². The maximum Gasteiger partial charge on any atom is 0.304 e. The summed E-state index contributed by atoms with van der Waals surface area (Å²) in [4.78, 5) is 25.1. The van der Waals surface area contributed by atoms with E-state index in [1.807, 2.05) is 30.3 Å². The van der Waals surface area contributed by atoms with Crippen molar-refractivity contribution >= 4 is 17.2 Å². The van der Waals surface area contributed by atoms with Gasteiger partial charge in [0.2, 0.25) is 5.91 Å². The zero-order valence-corrected chi connectivity index (χ0v) is 11.1. The third-order valence-corrected chi connectivity index (χ3v) is 3.22. The molecule has 2 aromatic rings. The second-order valence-corrected chi connectivity index (χ2v) is 4.88. The summed E-state index contributed by atoms with van der Waals surface area (Å²) in [7, 11) is 0. The Morgan fingerprint density at radius 2 is 2.00 bits per heavy atom. The van der Waals surface area contributed by atoms with Crippen molar-refractivity contribution in [1.29, 1.82) is 0 Å². The van der Waals surface area contributed by atoms with Crippen molar-refractivity contribution in [3.05, 3.63) is 56.6 Å². The SMILES string of the molecule is O=C(CNCc1csc(=O)[nH]1)NCc1ccccc1. The van der Waals surface area contributed by atoms with Crippen LogP contribution in [0.4, 0.5) is 0 Å². The van der Waals surface area contributed by atoms with Crippen LogP contribution in [0.2, 0.25) is 0 Å². The maximum absolute atomic E-state index is 11.6. The molecule has 0 atom stereocenters. The van der Waals surface area contributed by atoms with Gasteiger partial charge in [0.1, 0.15) is 0 Å². The highest BCUT2D eigenvalue weighted by Gasteiger charge is 2.01. The number of hydrogen-bond acceptors (Lipinski definition) is 4. The highest BCUT2D eigenvalue weighted by Crippen LogP contribution is 1.97. The van der Waals surface area contributed by atoms with Crippen LogP contribution in [0.1, 0.15) is 11.3 Å². The van der Waals surface area contributed by atoms with Crippen LogP contribution >= 0.6 is 11.3 Å². The molecule has 0 saturated heterocycles. The number of H-pyrrole nitrogens is 1. The molecule has 0 aliphatic heterocycles. The molecule has 6 heteroatoms. The van der Waals surface area contributed by atoms with Gasteiger partial charge in [0.15, 0.2) is 0 Å². The predicted molar refractivity (Wildman–Crippen MR) is 74.9 cm³/mol. The predicted octanol–water partition coefficient (Wildman–Crippen LogP) is 0.842. The minimum Gasteiger partial charge on any atom is -0.351 e. The lowest BCUT2D eigenvalue weighted by Crippen LogP contribution is -2.33. The number of benzene rings is 1. The molecule has 0 saturated carbocycles. The molecule has 2 rings (SSSR count). The lowest BCUT2D eigenvalue weighted by molar-refractivity contribution is -0.120. The first kappa shape index (κ1) is 13.5. The van der Waals surface area contributed by atoms with Gasteiger partial charge >= 0.3 is 4.87 Å². The van der Waals surface area contributed by atoms with E-state index in [0.717, 1.165) is 22.6 Å². The molecule has 0 aliphatic carbocycles. The molecule has 0 bridgehead atoms. The first-order chi connectivity index (χ1) is 9.24. The number of carbonyl (C=O) groups excluding carboxylic acids is 1. The number of thiazole rings is 1. The molecule has 1 amide bonds. The second-order valence-electron chi connectivity index (χ2n) is 4.04. The fraction of sp³-hybridized carbons (Fsp3) is 0.231. The van der Waals surface area contributed by atoms with E-state index in [1.165, 1.54) is 0 Å². The van der Waals surface area contributed by atoms with Crippen LogP contribution in [0.5, 0.6) is 0 Å². The summed E-state index contributed by atoms with van der Waals surface area (Å²) < 4.78 is 0. The molecular weight excluding hydrogens is 262 g/mol. The van der Waals surface area contributed by atoms with Crippen molar-refractivity contribution < 1.29 is 4.79 Å². The lowest BCUT2D eigenvalue weighted by atomic mass is 10.2. The van der Waals surface area contributed by atoms with Gasteiger partial charge in [0.25, 0.3) is 0 Å². The van der Waals surface area contributed by atoms with Crippen molar-refractivity contribution in [2.45, 2.75) is 13.1 Å². The van der Waals surface area contributed by atoms with Crippen LogP contribution in [0, 0.1) is 0 Å². The Balaban J connectivity index is 1.66. The summed E-state index contributed by atoms with van der Waals surface area (Å²) >= 11 is 1.12. The second kappa shape index (κ2) is 6.86. The van der Waals surface area contributed by atoms with Gasteiger partial charge in [0, 0.05) is 24.2 Å². The van der Waals surface area contributed by atoms with Crippen LogP contribution in [-0.4, -0.2) is 17.4 Å². The number of nitrogens with one attached hydrogen (secondary N) is 3. The molecule has 5 nitrogen and oxygen atoms in total. The molecule has 0 fully saturated rings. The molecule has 3 N–H and O–H groups in total. The number of aromatic nitrogens is 1. The van der Waals surface area contributed by atoms with Crippen molar-refractivity contribution in [2.24, 2.45) is 0 Å². The number of rotatable bonds is 6. The zero-order valence-electron chi connectivity index (χ0n) is 10.3. The summed E-state index contributed by atoms with van der Waals surface area (Å²) in [6.07, 6.45) is 0. The van der Waals surface area contributed by atoms with Gasteiger partial charge in [-0.15, -0.1) is 0 Å². The summed E-state index contributed by atoms with van der Waals surface area (Å²) in [5, 5.41) is 7.54. The van der Waals surface area contributed by atoms with Gasteiger partial charge in [0.05, 0.1) is 6.54 Å². The monoisotopic (exact) mass is 277 g/mol. The minimum absolute atomic E-state index is 0.0681. The normalized spacial score (nSPS) is 10.3. The van der Waals surface area contributed by atoms with E-state index >= 15 is 0 Å². The van der Waals surface area contributed by atoms with Gasteiger partial charge < -0.3 is 15.6 Å². The Morgan fingerprint density at radius 1 is 1.21 bits per heavy atom. The zero-order chi connectivity index (χ0) is 13.5. The largest absolute Gasteiger partial charge is 0.351 e. The fourth-order valence-electron chi connectivity index (χ4n) is 1.57. The molecule has 0 unspecified atom stereocenters. The van der Waals surface area contributed by atoms with Crippen molar-refractivity contribution in [1.82, 2.24) is 15.6 Å². The Hall–Kier alpha value is -1.92. The van der Waals surface area contributed by atoms with Crippen LogP contribution in [0.3, 0.4) is 0 Å². The van der Waals surface area contributed by atoms with Gasteiger partial charge in [-0.2, -0.15) is 0 Å². The molecule has 100 valence electrons. The first-order valence-corrected chi connectivity index (χ1v) is 6.80. The highest BCUT2D eigenvalue weighted by molar-refractivity contribution is 7.07. The maximum atomic E-state index is 11.6. The van der Waals surface area contributed by atoms with Crippen LogP contribution < -0.4 is 15.5 Å². The molecule has 0 spiro atoms. The van der Waals surface area contributed by atoms with Gasteiger partial charge in [-0.05, 0) is 5.56 Å². The summed E-state index contributed by atoms with van der Waals surface area (Å²) in [6.45, 7) is 1.23. The lowest BCUT2D eigenvalue weighted by Gasteiger charge is -2.06. The van der Waals surface area contributed by atoms with Gasteiger partial charge in [-0.25, -0.2) is 0 Å². The molecule has 1 aromatic heterocycles. The quantitative estimate of drug-likeness (QED) is 0.732. The Morgan fingerprint density at radius 3 is 2.68 bits per heavy atom. The smallest absolute Gasteiger partial charge is 0.304 e. The molecule has 1 heterocycles. The Bertz CT molecular complexity index is 577. The van der Waals surface area contributed by atoms with Crippen LogP contribution in [-0.2, 0) is 17.9 Å². The summed E-state index contributed by atoms with van der Waals surface area (Å²) in [5.74, 6) is -0.0681. The van der Waals surface area contributed by atoms with Gasteiger partial charge in [-0.1, -0.05) is 41.7 Å². The van der Waals surface area contributed by atoms with Crippen molar-refractivity contribution in [2.75, 3.05) is 6.54 Å². The average Bonchev–Trinajstić information content (AvgIpc) is 2.83. The number of hydrogen-bond donors (Lipinski definition) is 3. The third kappa shape index (κ3) is 4.69. The number of carbonyl (C=O) groups is 1. The topological polar surface area (TPSA) is 74.0 Å². The standard InChI is InChI=1S/C13H15N3O2S/c17-12(15-6-10-4-2-1-3-5-10)8-14-7-11-9-19-13(18)16-11/h1-5,9,14H,6-8H2,(H,15,17)(H,16,18). The summed E-state index contributed by atoms with van der Waals surface area (Å²) in [6, 6.07) is 9.74. The number of aromatic amines is 1. The molecule has 0 radical (unpaired) electrons. The van der Waals surface area contributed by atoms with E-state index < -0.39 is 0 Å².